The van der Waals surface area contributed by atoms with Gasteiger partial charge >= 0.3 is 0 Å². The number of imide groups is 1. The maximum Gasteiger partial charge on any atom is 0.267 e. The van der Waals surface area contributed by atoms with Crippen molar-refractivity contribution in [3.05, 3.63) is 65.9 Å². The summed E-state index contributed by atoms with van der Waals surface area (Å²) in [5.41, 5.74) is 2.26. The monoisotopic (exact) mass is 350 g/mol. The molecule has 3 rings (SSSR count). The third-order valence-corrected chi connectivity index (χ3v) is 4.54. The molecular formula is C21H22N2O3. The van der Waals surface area contributed by atoms with Gasteiger partial charge in [0.1, 0.15) is 5.75 Å². The molecule has 5 nitrogen and oxygen atoms in total. The third kappa shape index (κ3) is 3.08. The van der Waals surface area contributed by atoms with Gasteiger partial charge in [-0.1, -0.05) is 18.2 Å². The number of ether oxygens (including phenoxy) is 1. The Labute approximate surface area is 153 Å². The number of carbonyl (C=O) groups excluding carboxylic acids is 2. The zero-order valence-electron chi connectivity index (χ0n) is 15.2. The topological polar surface area (TPSA) is 49.9 Å². The molecule has 1 aliphatic rings. The minimum atomic E-state index is -0.314. The molecule has 0 N–H and O–H groups in total. The van der Waals surface area contributed by atoms with Crippen molar-refractivity contribution in [2.45, 2.75) is 13.8 Å². The summed E-state index contributed by atoms with van der Waals surface area (Å²) in [5.74, 6) is 0.0446. The Kier molecular flexibility index (Phi) is 5.07. The molecule has 2 aromatic carbocycles. The van der Waals surface area contributed by atoms with Crippen LogP contribution in [0.4, 0.5) is 5.69 Å². The number of carbonyl (C=O) groups is 2. The van der Waals surface area contributed by atoms with E-state index in [-0.39, 0.29) is 11.8 Å². The fraction of sp³-hybridized carbons (Fsp3) is 0.238. The van der Waals surface area contributed by atoms with Gasteiger partial charge < -0.3 is 9.64 Å². The Balaban J connectivity index is 2.13. The number of amides is 2. The summed E-state index contributed by atoms with van der Waals surface area (Å²) in [6.45, 7) is 5.64. The van der Waals surface area contributed by atoms with Gasteiger partial charge in [0.25, 0.3) is 11.8 Å². The quantitative estimate of drug-likeness (QED) is 0.611. The zero-order chi connectivity index (χ0) is 18.7. The predicted octanol–water partition coefficient (Wildman–Crippen LogP) is 3.56. The van der Waals surface area contributed by atoms with Crippen molar-refractivity contribution >= 4 is 23.1 Å². The lowest BCUT2D eigenvalue weighted by molar-refractivity contribution is -0.112. The van der Waals surface area contributed by atoms with Crippen LogP contribution in [-0.2, 0) is 4.79 Å². The second kappa shape index (κ2) is 7.44. The average Bonchev–Trinajstić information content (AvgIpc) is 2.69. The number of fused-ring (bicyclic) bond motifs is 1. The highest BCUT2D eigenvalue weighted by Crippen LogP contribution is 2.33. The number of methoxy groups -OCH3 is 1. The molecular weight excluding hydrogens is 328 g/mol. The normalized spacial score (nSPS) is 15.2. The van der Waals surface area contributed by atoms with Gasteiger partial charge in [-0.05, 0) is 44.2 Å². The molecule has 0 radical (unpaired) electrons. The standard InChI is InChI=1S/C21H22N2O3/c1-4-22(5-2)14-19-17-8-6-7-9-18(17)20(24)23(21(19)25)15-10-12-16(26-3)13-11-15/h6-14H,4-5H2,1-3H3/b19-14+. The fourth-order valence-corrected chi connectivity index (χ4v) is 3.03. The van der Waals surface area contributed by atoms with E-state index >= 15 is 0 Å². The smallest absolute Gasteiger partial charge is 0.267 e. The van der Waals surface area contributed by atoms with Crippen LogP contribution in [0.3, 0.4) is 0 Å². The van der Waals surface area contributed by atoms with Crippen molar-refractivity contribution in [3.63, 3.8) is 0 Å². The van der Waals surface area contributed by atoms with Crippen molar-refractivity contribution in [2.24, 2.45) is 0 Å². The summed E-state index contributed by atoms with van der Waals surface area (Å²) in [7, 11) is 1.58. The predicted molar refractivity (Wildman–Crippen MR) is 102 cm³/mol. The first-order valence-corrected chi connectivity index (χ1v) is 8.68. The Morgan fingerprint density at radius 2 is 1.54 bits per heavy atom. The summed E-state index contributed by atoms with van der Waals surface area (Å²) >= 11 is 0. The molecule has 0 saturated carbocycles. The number of hydrogen-bond acceptors (Lipinski definition) is 4. The molecule has 1 heterocycles. The molecule has 0 aromatic heterocycles. The second-order valence-corrected chi connectivity index (χ2v) is 5.95. The third-order valence-electron chi connectivity index (χ3n) is 4.54. The number of anilines is 1. The molecule has 0 spiro atoms. The van der Waals surface area contributed by atoms with E-state index in [1.54, 1.807) is 37.4 Å². The Bertz CT molecular complexity index is 852. The summed E-state index contributed by atoms with van der Waals surface area (Å²) in [6.07, 6.45) is 1.85. The molecule has 0 saturated heterocycles. The van der Waals surface area contributed by atoms with Gasteiger partial charge in [0.15, 0.2) is 0 Å². The highest BCUT2D eigenvalue weighted by atomic mass is 16.5. The first-order chi connectivity index (χ1) is 12.6. The maximum atomic E-state index is 13.2. The van der Waals surface area contributed by atoms with E-state index in [9.17, 15) is 9.59 Å². The lowest BCUT2D eigenvalue weighted by Gasteiger charge is -2.30. The van der Waals surface area contributed by atoms with Crippen LogP contribution >= 0.6 is 0 Å². The molecule has 0 unspecified atom stereocenters. The molecule has 0 atom stereocenters. The molecule has 5 heteroatoms. The number of benzene rings is 2. The summed E-state index contributed by atoms with van der Waals surface area (Å²) in [4.78, 5) is 29.5. The van der Waals surface area contributed by atoms with E-state index in [1.165, 1.54) is 4.90 Å². The lowest BCUT2D eigenvalue weighted by Crippen LogP contribution is -2.42. The average molecular weight is 350 g/mol. The van der Waals surface area contributed by atoms with Crippen LogP contribution in [0.15, 0.2) is 54.7 Å². The molecule has 2 amide bonds. The van der Waals surface area contributed by atoms with Gasteiger partial charge in [0.2, 0.25) is 0 Å². The zero-order valence-corrected chi connectivity index (χ0v) is 15.2. The van der Waals surface area contributed by atoms with E-state index in [1.807, 2.05) is 43.1 Å². The van der Waals surface area contributed by atoms with Gasteiger partial charge in [0.05, 0.1) is 18.4 Å². The Morgan fingerprint density at radius 3 is 2.12 bits per heavy atom. The highest BCUT2D eigenvalue weighted by Gasteiger charge is 2.36. The number of hydrogen-bond donors (Lipinski definition) is 0. The fourth-order valence-electron chi connectivity index (χ4n) is 3.03. The number of nitrogens with zero attached hydrogens (tertiary/aromatic N) is 2. The van der Waals surface area contributed by atoms with E-state index < -0.39 is 0 Å². The Morgan fingerprint density at radius 1 is 0.923 bits per heavy atom. The summed E-state index contributed by atoms with van der Waals surface area (Å²) < 4.78 is 5.16. The van der Waals surface area contributed by atoms with Gasteiger partial charge in [-0.3, -0.25) is 9.59 Å². The molecule has 134 valence electrons. The van der Waals surface area contributed by atoms with Crippen molar-refractivity contribution in [3.8, 4) is 5.75 Å². The summed E-state index contributed by atoms with van der Waals surface area (Å²) in [5, 5.41) is 0. The molecule has 0 fully saturated rings. The van der Waals surface area contributed by atoms with Crippen LogP contribution in [0.2, 0.25) is 0 Å². The molecule has 0 bridgehead atoms. The van der Waals surface area contributed by atoms with Crippen LogP contribution < -0.4 is 9.64 Å². The van der Waals surface area contributed by atoms with Crippen molar-refractivity contribution in [1.29, 1.82) is 0 Å². The first kappa shape index (κ1) is 17.7. The van der Waals surface area contributed by atoms with Crippen LogP contribution in [0, 0.1) is 0 Å². The maximum absolute atomic E-state index is 13.2. The second-order valence-electron chi connectivity index (χ2n) is 5.95. The van der Waals surface area contributed by atoms with Gasteiger partial charge in [-0.25, -0.2) is 4.90 Å². The first-order valence-electron chi connectivity index (χ1n) is 8.68. The number of rotatable bonds is 5. The SMILES string of the molecule is CCN(/C=C1/C(=O)N(c2ccc(OC)cc2)C(=O)c2ccccc21)CC. The largest absolute Gasteiger partial charge is 0.497 e. The van der Waals surface area contributed by atoms with E-state index in [2.05, 4.69) is 0 Å². The van der Waals surface area contributed by atoms with Crippen molar-refractivity contribution in [1.82, 2.24) is 4.90 Å². The van der Waals surface area contributed by atoms with Gasteiger partial charge in [-0.15, -0.1) is 0 Å². The molecule has 0 aliphatic carbocycles. The van der Waals surface area contributed by atoms with Crippen LogP contribution in [-0.4, -0.2) is 36.9 Å². The van der Waals surface area contributed by atoms with Crippen LogP contribution in [0.25, 0.3) is 5.57 Å². The van der Waals surface area contributed by atoms with Crippen LogP contribution in [0.1, 0.15) is 29.8 Å². The van der Waals surface area contributed by atoms with E-state index in [4.69, 9.17) is 4.74 Å². The molecule has 26 heavy (non-hydrogen) atoms. The minimum absolute atomic E-state index is 0.313. The van der Waals surface area contributed by atoms with Crippen molar-refractivity contribution < 1.29 is 14.3 Å². The Hall–Kier alpha value is -3.08. The highest BCUT2D eigenvalue weighted by molar-refractivity contribution is 6.41. The van der Waals surface area contributed by atoms with Gasteiger partial charge in [0, 0.05) is 30.4 Å². The minimum Gasteiger partial charge on any atom is -0.497 e. The molecule has 2 aromatic rings. The van der Waals surface area contributed by atoms with Gasteiger partial charge in [-0.2, -0.15) is 0 Å². The molecule has 1 aliphatic heterocycles. The van der Waals surface area contributed by atoms with E-state index in [0.717, 1.165) is 13.1 Å². The van der Waals surface area contributed by atoms with E-state index in [0.29, 0.717) is 28.1 Å². The van der Waals surface area contributed by atoms with Crippen LogP contribution in [0.5, 0.6) is 5.75 Å². The lowest BCUT2D eigenvalue weighted by atomic mass is 9.93. The summed E-state index contributed by atoms with van der Waals surface area (Å²) in [6, 6.07) is 14.2. The van der Waals surface area contributed by atoms with Crippen molar-refractivity contribution in [2.75, 3.05) is 25.1 Å².